The maximum absolute atomic E-state index is 11.9. The number of nitrogens with zero attached hydrogens (tertiary/aromatic N) is 2. The van der Waals surface area contributed by atoms with E-state index in [9.17, 15) is 14.9 Å². The normalized spacial score (nSPS) is 11.2. The van der Waals surface area contributed by atoms with Gasteiger partial charge in [-0.05, 0) is 11.8 Å². The molecule has 1 amide bonds. The van der Waals surface area contributed by atoms with Gasteiger partial charge in [-0.15, -0.1) is 0 Å². The summed E-state index contributed by atoms with van der Waals surface area (Å²) in [5, 5.41) is 13.3. The Morgan fingerprint density at radius 1 is 1.53 bits per heavy atom. The molecular weight excluding hydrogens is 270 g/mol. The number of amides is 1. The highest BCUT2D eigenvalue weighted by Crippen LogP contribution is 2.20. The van der Waals surface area contributed by atoms with E-state index in [0.29, 0.717) is 6.54 Å². The van der Waals surface area contributed by atoms with Crippen molar-refractivity contribution in [2.24, 2.45) is 5.41 Å². The third-order valence-corrected chi connectivity index (χ3v) is 2.74. The van der Waals surface area contributed by atoms with Gasteiger partial charge in [-0.25, -0.2) is 4.98 Å². The van der Waals surface area contributed by atoms with Crippen molar-refractivity contribution in [3.05, 3.63) is 33.1 Å². The van der Waals surface area contributed by atoms with Gasteiger partial charge in [0.2, 0.25) is 0 Å². The lowest BCUT2D eigenvalue weighted by molar-refractivity contribution is -0.385. The molecule has 1 aromatic rings. The van der Waals surface area contributed by atoms with Crippen LogP contribution in [-0.4, -0.2) is 22.4 Å². The fourth-order valence-corrected chi connectivity index (χ4v) is 1.53. The molecule has 0 atom stereocenters. The minimum absolute atomic E-state index is 0.0183. The summed E-state index contributed by atoms with van der Waals surface area (Å²) in [6, 6.07) is 1.13. The van der Waals surface area contributed by atoms with Gasteiger partial charge in [-0.1, -0.05) is 32.4 Å². The summed E-state index contributed by atoms with van der Waals surface area (Å²) in [5.41, 5.74) is -0.145. The summed E-state index contributed by atoms with van der Waals surface area (Å²) in [6.07, 6.45) is 1.81. The molecule has 0 bridgehead atoms. The molecule has 0 fully saturated rings. The van der Waals surface area contributed by atoms with Gasteiger partial charge in [0.15, 0.2) is 0 Å². The monoisotopic (exact) mass is 285 g/mol. The molecule has 1 aromatic heterocycles. The number of rotatable bonds is 4. The van der Waals surface area contributed by atoms with Crippen LogP contribution in [0.15, 0.2) is 12.3 Å². The van der Waals surface area contributed by atoms with Crippen molar-refractivity contribution < 1.29 is 9.72 Å². The van der Waals surface area contributed by atoms with Crippen molar-refractivity contribution in [2.75, 3.05) is 6.54 Å². The Bertz CT molecular complexity index is 497. The van der Waals surface area contributed by atoms with Crippen LogP contribution in [0.2, 0.25) is 5.15 Å². The molecule has 0 aliphatic rings. The molecule has 6 nitrogen and oxygen atoms in total. The van der Waals surface area contributed by atoms with E-state index in [1.165, 1.54) is 0 Å². The average molecular weight is 286 g/mol. The van der Waals surface area contributed by atoms with E-state index in [-0.39, 0.29) is 21.8 Å². The number of carbonyl (C=O) groups is 1. The zero-order valence-electron chi connectivity index (χ0n) is 11.1. The van der Waals surface area contributed by atoms with Gasteiger partial charge in [0.25, 0.3) is 11.6 Å². The Kier molecular flexibility index (Phi) is 4.83. The van der Waals surface area contributed by atoms with Crippen molar-refractivity contribution >= 4 is 23.2 Å². The molecule has 0 saturated carbocycles. The van der Waals surface area contributed by atoms with Crippen LogP contribution in [0.5, 0.6) is 0 Å². The first-order chi connectivity index (χ1) is 8.70. The number of carbonyl (C=O) groups excluding carboxylic acids is 1. The number of nitro groups is 1. The minimum atomic E-state index is -0.616. The van der Waals surface area contributed by atoms with Gasteiger partial charge in [0, 0.05) is 12.6 Å². The number of hydrogen-bond donors (Lipinski definition) is 1. The maximum Gasteiger partial charge on any atom is 0.288 e. The van der Waals surface area contributed by atoms with E-state index in [1.807, 2.05) is 0 Å². The number of hydrogen-bond acceptors (Lipinski definition) is 4. The molecule has 0 radical (unpaired) electrons. The summed E-state index contributed by atoms with van der Waals surface area (Å²) in [5.74, 6) is -0.453. The fraction of sp³-hybridized carbons (Fsp3) is 0.500. The van der Waals surface area contributed by atoms with Crippen LogP contribution in [0, 0.1) is 15.5 Å². The van der Waals surface area contributed by atoms with E-state index in [0.717, 1.165) is 18.7 Å². The lowest BCUT2D eigenvalue weighted by atomic mass is 9.92. The molecule has 1 rings (SSSR count). The zero-order chi connectivity index (χ0) is 14.6. The molecule has 104 valence electrons. The van der Waals surface area contributed by atoms with Crippen molar-refractivity contribution in [3.8, 4) is 0 Å². The Hall–Kier alpha value is -1.69. The number of nitrogens with one attached hydrogen (secondary N) is 1. The van der Waals surface area contributed by atoms with Gasteiger partial charge in [0.1, 0.15) is 11.3 Å². The largest absolute Gasteiger partial charge is 0.352 e. The van der Waals surface area contributed by atoms with E-state index in [2.05, 4.69) is 31.1 Å². The van der Waals surface area contributed by atoms with Crippen molar-refractivity contribution in [1.82, 2.24) is 10.3 Å². The van der Waals surface area contributed by atoms with Crippen LogP contribution in [0.4, 0.5) is 5.69 Å². The second-order valence-corrected chi connectivity index (χ2v) is 5.71. The second kappa shape index (κ2) is 5.97. The van der Waals surface area contributed by atoms with Gasteiger partial charge in [-0.3, -0.25) is 14.9 Å². The molecule has 0 saturated heterocycles. The van der Waals surface area contributed by atoms with Crippen LogP contribution in [0.3, 0.4) is 0 Å². The highest BCUT2D eigenvalue weighted by Gasteiger charge is 2.17. The lowest BCUT2D eigenvalue weighted by Gasteiger charge is -2.18. The molecule has 0 spiro atoms. The molecule has 1 heterocycles. The lowest BCUT2D eigenvalue weighted by Crippen LogP contribution is -2.27. The molecule has 0 aromatic carbocycles. The molecular formula is C12H16ClN3O3. The number of pyridine rings is 1. The third-order valence-electron chi connectivity index (χ3n) is 2.44. The maximum atomic E-state index is 11.9. The molecule has 0 aliphatic carbocycles. The first kappa shape index (κ1) is 15.4. The van der Waals surface area contributed by atoms with Crippen LogP contribution in [-0.2, 0) is 0 Å². The van der Waals surface area contributed by atoms with Crippen molar-refractivity contribution in [1.29, 1.82) is 0 Å². The number of halogens is 1. The number of aromatic nitrogens is 1. The standard InChI is InChI=1S/C12H16ClN3O3/c1-12(2,3)4-5-14-11(17)9-6-8(16(18)19)7-15-10(9)13/h6-7H,4-5H2,1-3H3,(H,14,17). The average Bonchev–Trinajstić information content (AvgIpc) is 2.27. The van der Waals surface area contributed by atoms with Gasteiger partial charge >= 0.3 is 0 Å². The second-order valence-electron chi connectivity index (χ2n) is 5.36. The molecule has 0 aliphatic heterocycles. The third kappa shape index (κ3) is 4.82. The predicted octanol–water partition coefficient (Wildman–Crippen LogP) is 2.81. The Morgan fingerprint density at radius 3 is 2.68 bits per heavy atom. The summed E-state index contributed by atoms with van der Waals surface area (Å²) in [7, 11) is 0. The van der Waals surface area contributed by atoms with E-state index in [4.69, 9.17) is 11.6 Å². The molecule has 19 heavy (non-hydrogen) atoms. The fourth-order valence-electron chi connectivity index (χ4n) is 1.34. The van der Waals surface area contributed by atoms with Crippen molar-refractivity contribution in [2.45, 2.75) is 27.2 Å². The zero-order valence-corrected chi connectivity index (χ0v) is 11.8. The Balaban J connectivity index is 2.76. The Labute approximate surface area is 116 Å². The van der Waals surface area contributed by atoms with E-state index >= 15 is 0 Å². The van der Waals surface area contributed by atoms with Gasteiger partial charge < -0.3 is 5.32 Å². The van der Waals surface area contributed by atoms with E-state index in [1.54, 1.807) is 0 Å². The first-order valence-electron chi connectivity index (χ1n) is 5.79. The molecule has 1 N–H and O–H groups in total. The SMILES string of the molecule is CC(C)(C)CCNC(=O)c1cc([N+](=O)[O-])cnc1Cl. The summed E-state index contributed by atoms with van der Waals surface area (Å²) in [4.78, 5) is 25.5. The van der Waals surface area contributed by atoms with Crippen molar-refractivity contribution in [3.63, 3.8) is 0 Å². The van der Waals surface area contributed by atoms with Crippen LogP contribution < -0.4 is 5.32 Å². The van der Waals surface area contributed by atoms with Gasteiger partial charge in [0.05, 0.1) is 10.5 Å². The van der Waals surface area contributed by atoms with Gasteiger partial charge in [-0.2, -0.15) is 0 Å². The van der Waals surface area contributed by atoms with Crippen LogP contribution in [0.25, 0.3) is 0 Å². The summed E-state index contributed by atoms with van der Waals surface area (Å²) in [6.45, 7) is 6.64. The predicted molar refractivity (Wildman–Crippen MR) is 72.3 cm³/mol. The molecule has 0 unspecified atom stereocenters. The van der Waals surface area contributed by atoms with Crippen LogP contribution >= 0.6 is 11.6 Å². The quantitative estimate of drug-likeness (QED) is 0.523. The summed E-state index contributed by atoms with van der Waals surface area (Å²) >= 11 is 5.77. The highest BCUT2D eigenvalue weighted by molar-refractivity contribution is 6.32. The summed E-state index contributed by atoms with van der Waals surface area (Å²) < 4.78 is 0. The smallest absolute Gasteiger partial charge is 0.288 e. The Morgan fingerprint density at radius 2 is 2.16 bits per heavy atom. The minimum Gasteiger partial charge on any atom is -0.352 e. The highest BCUT2D eigenvalue weighted by atomic mass is 35.5. The van der Waals surface area contributed by atoms with E-state index < -0.39 is 10.8 Å². The first-order valence-corrected chi connectivity index (χ1v) is 6.16. The molecule has 7 heteroatoms. The van der Waals surface area contributed by atoms with Crippen LogP contribution in [0.1, 0.15) is 37.6 Å². The topological polar surface area (TPSA) is 85.1 Å².